The van der Waals surface area contributed by atoms with Crippen LogP contribution in [0.4, 0.5) is 0 Å². The van der Waals surface area contributed by atoms with Gasteiger partial charge in [-0.3, -0.25) is 0 Å². The molecule has 0 aliphatic rings. The topological polar surface area (TPSA) is 34.4 Å². The number of hydrogen-bond donors (Lipinski definition) is 1. The third kappa shape index (κ3) is 3.61. The lowest BCUT2D eigenvalue weighted by Crippen LogP contribution is -2.03. The number of hydrogen-bond acceptors (Lipinski definition) is 3. The van der Waals surface area contributed by atoms with E-state index in [0.717, 1.165) is 28.1 Å². The van der Waals surface area contributed by atoms with Gasteiger partial charge in [-0.15, -0.1) is 0 Å². The first-order valence-electron chi connectivity index (χ1n) is 5.37. The molecule has 1 heterocycles. The maximum Gasteiger partial charge on any atom is 0.146 e. The van der Waals surface area contributed by atoms with E-state index in [4.69, 9.17) is 9.15 Å². The average molecular weight is 296 g/mol. The monoisotopic (exact) mass is 295 g/mol. The Morgan fingerprint density at radius 1 is 1.29 bits per heavy atom. The van der Waals surface area contributed by atoms with Crippen molar-refractivity contribution in [2.45, 2.75) is 13.2 Å². The second-order valence-corrected chi connectivity index (χ2v) is 4.61. The van der Waals surface area contributed by atoms with Crippen LogP contribution in [0.3, 0.4) is 0 Å². The fourth-order valence-corrected chi connectivity index (χ4v) is 1.75. The van der Waals surface area contributed by atoms with Gasteiger partial charge in [-0.25, -0.2) is 0 Å². The van der Waals surface area contributed by atoms with E-state index < -0.39 is 0 Å². The Morgan fingerprint density at radius 2 is 2.06 bits per heavy atom. The number of benzene rings is 1. The summed E-state index contributed by atoms with van der Waals surface area (Å²) in [7, 11) is 1.91. The zero-order valence-corrected chi connectivity index (χ0v) is 11.2. The van der Waals surface area contributed by atoms with Crippen LogP contribution in [0.2, 0.25) is 0 Å². The normalized spacial score (nSPS) is 10.5. The summed E-state index contributed by atoms with van der Waals surface area (Å²) < 4.78 is 12.0. The van der Waals surface area contributed by atoms with E-state index in [0.29, 0.717) is 6.61 Å². The van der Waals surface area contributed by atoms with Crippen molar-refractivity contribution in [2.24, 2.45) is 0 Å². The van der Waals surface area contributed by atoms with Gasteiger partial charge in [-0.1, -0.05) is 15.9 Å². The quantitative estimate of drug-likeness (QED) is 0.919. The third-order valence-corrected chi connectivity index (χ3v) is 2.81. The molecule has 17 heavy (non-hydrogen) atoms. The lowest BCUT2D eigenvalue weighted by Gasteiger charge is -2.03. The molecular formula is C13H14BrNO2. The number of rotatable bonds is 5. The Bertz CT molecular complexity index is 465. The van der Waals surface area contributed by atoms with Gasteiger partial charge in [-0.05, 0) is 37.4 Å². The molecule has 3 nitrogen and oxygen atoms in total. The molecular weight excluding hydrogens is 282 g/mol. The van der Waals surface area contributed by atoms with Crippen LogP contribution in [0.1, 0.15) is 11.3 Å². The fraction of sp³-hybridized carbons (Fsp3) is 0.231. The van der Waals surface area contributed by atoms with E-state index in [1.165, 1.54) is 0 Å². The molecule has 0 saturated heterocycles. The predicted molar refractivity (Wildman–Crippen MR) is 69.9 cm³/mol. The number of halogens is 1. The van der Waals surface area contributed by atoms with Gasteiger partial charge in [-0.2, -0.15) is 0 Å². The van der Waals surface area contributed by atoms with Crippen LogP contribution >= 0.6 is 15.9 Å². The van der Waals surface area contributed by atoms with Gasteiger partial charge in [0.1, 0.15) is 18.1 Å². The molecule has 0 radical (unpaired) electrons. The molecule has 1 aromatic carbocycles. The molecule has 4 heteroatoms. The number of ether oxygens (including phenoxy) is 1. The smallest absolute Gasteiger partial charge is 0.146 e. The number of furan rings is 1. The zero-order chi connectivity index (χ0) is 12.1. The summed E-state index contributed by atoms with van der Waals surface area (Å²) in [6.45, 7) is 1.26. The minimum absolute atomic E-state index is 0.450. The molecule has 2 rings (SSSR count). The van der Waals surface area contributed by atoms with Gasteiger partial charge in [0, 0.05) is 16.6 Å². The Hall–Kier alpha value is -1.26. The molecule has 0 spiro atoms. The highest BCUT2D eigenvalue weighted by atomic mass is 79.9. The van der Waals surface area contributed by atoms with E-state index in [1.54, 1.807) is 6.26 Å². The molecule has 0 unspecified atom stereocenters. The predicted octanol–water partition coefficient (Wildman–Crippen LogP) is 3.34. The average Bonchev–Trinajstić information content (AvgIpc) is 2.77. The van der Waals surface area contributed by atoms with Crippen LogP contribution in [-0.4, -0.2) is 7.05 Å². The van der Waals surface area contributed by atoms with Crippen molar-refractivity contribution in [3.63, 3.8) is 0 Å². The van der Waals surface area contributed by atoms with Crippen LogP contribution in [0.5, 0.6) is 5.75 Å². The molecule has 0 saturated carbocycles. The second-order valence-electron chi connectivity index (χ2n) is 3.69. The minimum atomic E-state index is 0.450. The van der Waals surface area contributed by atoms with Gasteiger partial charge in [0.15, 0.2) is 0 Å². The summed E-state index contributed by atoms with van der Waals surface area (Å²) in [5.74, 6) is 1.66. The summed E-state index contributed by atoms with van der Waals surface area (Å²) in [5.41, 5.74) is 1.13. The van der Waals surface area contributed by atoms with Crippen molar-refractivity contribution in [3.8, 4) is 5.75 Å². The Labute approximate surface area is 109 Å². The minimum Gasteiger partial charge on any atom is -0.486 e. The van der Waals surface area contributed by atoms with E-state index in [1.807, 2.05) is 37.4 Å². The lowest BCUT2D eigenvalue weighted by molar-refractivity contribution is 0.270. The Balaban J connectivity index is 1.90. The molecule has 90 valence electrons. The van der Waals surface area contributed by atoms with E-state index in [9.17, 15) is 0 Å². The van der Waals surface area contributed by atoms with Crippen molar-refractivity contribution >= 4 is 15.9 Å². The highest BCUT2D eigenvalue weighted by Crippen LogP contribution is 2.18. The number of nitrogens with one attached hydrogen (secondary N) is 1. The van der Waals surface area contributed by atoms with Crippen molar-refractivity contribution in [2.75, 3.05) is 7.05 Å². The first-order valence-corrected chi connectivity index (χ1v) is 6.16. The molecule has 0 fully saturated rings. The summed E-state index contributed by atoms with van der Waals surface area (Å²) in [4.78, 5) is 0. The largest absolute Gasteiger partial charge is 0.486 e. The molecule has 0 amide bonds. The lowest BCUT2D eigenvalue weighted by atomic mass is 10.3. The van der Waals surface area contributed by atoms with Crippen molar-refractivity contribution in [3.05, 3.63) is 52.4 Å². The highest BCUT2D eigenvalue weighted by molar-refractivity contribution is 9.10. The standard InChI is InChI=1S/C13H14BrNO2/c1-15-7-10-6-13(16-8-10)9-17-12-4-2-11(14)3-5-12/h2-6,8,15H,7,9H2,1H3. The molecule has 0 atom stereocenters. The van der Waals surface area contributed by atoms with Gasteiger partial charge < -0.3 is 14.5 Å². The van der Waals surface area contributed by atoms with Crippen LogP contribution in [0.25, 0.3) is 0 Å². The zero-order valence-electron chi connectivity index (χ0n) is 9.57. The molecule has 0 bridgehead atoms. The van der Waals surface area contributed by atoms with Gasteiger partial charge in [0.05, 0.1) is 6.26 Å². The van der Waals surface area contributed by atoms with Crippen LogP contribution in [0, 0.1) is 0 Å². The molecule has 1 N–H and O–H groups in total. The fourth-order valence-electron chi connectivity index (χ4n) is 1.48. The molecule has 2 aromatic rings. The van der Waals surface area contributed by atoms with Crippen LogP contribution in [-0.2, 0) is 13.2 Å². The van der Waals surface area contributed by atoms with Gasteiger partial charge >= 0.3 is 0 Å². The van der Waals surface area contributed by atoms with Gasteiger partial charge in [0.2, 0.25) is 0 Å². The third-order valence-electron chi connectivity index (χ3n) is 2.28. The van der Waals surface area contributed by atoms with Crippen LogP contribution < -0.4 is 10.1 Å². The van der Waals surface area contributed by atoms with E-state index >= 15 is 0 Å². The molecule has 1 aromatic heterocycles. The summed E-state index contributed by atoms with van der Waals surface area (Å²) >= 11 is 3.38. The van der Waals surface area contributed by atoms with Gasteiger partial charge in [0.25, 0.3) is 0 Å². The SMILES string of the molecule is CNCc1coc(COc2ccc(Br)cc2)c1. The first-order chi connectivity index (χ1) is 8.28. The molecule has 0 aliphatic carbocycles. The van der Waals surface area contributed by atoms with Crippen LogP contribution in [0.15, 0.2) is 45.5 Å². The van der Waals surface area contributed by atoms with Crippen molar-refractivity contribution in [1.29, 1.82) is 0 Å². The van der Waals surface area contributed by atoms with E-state index in [2.05, 4.69) is 21.2 Å². The second kappa shape index (κ2) is 5.89. The Morgan fingerprint density at radius 3 is 2.76 bits per heavy atom. The molecule has 0 aliphatic heterocycles. The maximum absolute atomic E-state index is 5.60. The van der Waals surface area contributed by atoms with Crippen molar-refractivity contribution < 1.29 is 9.15 Å². The summed E-state index contributed by atoms with van der Waals surface area (Å²) in [6.07, 6.45) is 1.75. The van der Waals surface area contributed by atoms with Crippen molar-refractivity contribution in [1.82, 2.24) is 5.32 Å². The summed E-state index contributed by atoms with van der Waals surface area (Å²) in [5, 5.41) is 3.07. The maximum atomic E-state index is 5.60. The Kier molecular flexibility index (Phi) is 4.23. The first kappa shape index (κ1) is 12.2. The van der Waals surface area contributed by atoms with E-state index in [-0.39, 0.29) is 0 Å². The highest BCUT2D eigenvalue weighted by Gasteiger charge is 2.02. The summed E-state index contributed by atoms with van der Waals surface area (Å²) in [6, 6.07) is 9.73.